The second kappa shape index (κ2) is 7.25. The van der Waals surface area contributed by atoms with Crippen LogP contribution in [0.5, 0.6) is 5.75 Å². The number of phenols is 1. The minimum atomic E-state index is 0.303. The molecule has 0 saturated heterocycles. The van der Waals surface area contributed by atoms with Crippen molar-refractivity contribution in [2.75, 3.05) is 0 Å². The van der Waals surface area contributed by atoms with Gasteiger partial charge in [-0.1, -0.05) is 53.2 Å². The largest absolute Gasteiger partial charge is 0.507 e. The maximum absolute atomic E-state index is 10.1. The molecule has 1 heterocycles. The molecule has 0 bridgehead atoms. The third kappa shape index (κ3) is 3.57. The number of allylic oxidation sites excluding steroid dienone is 1. The van der Waals surface area contributed by atoms with Crippen LogP contribution in [-0.4, -0.2) is 20.1 Å². The van der Waals surface area contributed by atoms with Crippen molar-refractivity contribution in [2.24, 2.45) is 0 Å². The summed E-state index contributed by atoms with van der Waals surface area (Å²) in [5, 5.41) is 19.2. The first-order valence-electron chi connectivity index (χ1n) is 8.67. The fourth-order valence-electron chi connectivity index (χ4n) is 3.07. The normalized spacial score (nSPS) is 11.5. The van der Waals surface area contributed by atoms with Gasteiger partial charge < -0.3 is 5.11 Å². The van der Waals surface area contributed by atoms with Crippen molar-refractivity contribution in [2.45, 2.75) is 13.3 Å². The highest BCUT2D eigenvalue weighted by atomic mass is 35.5. The van der Waals surface area contributed by atoms with Gasteiger partial charge in [-0.2, -0.15) is 0 Å². The van der Waals surface area contributed by atoms with E-state index >= 15 is 0 Å². The second-order valence-corrected chi connectivity index (χ2v) is 6.85. The summed E-state index contributed by atoms with van der Waals surface area (Å²) in [4.78, 5) is 0. The van der Waals surface area contributed by atoms with Crippen LogP contribution in [-0.2, 0) is 6.42 Å². The third-order valence-electron chi connectivity index (χ3n) is 4.48. The van der Waals surface area contributed by atoms with Crippen molar-refractivity contribution in [3.8, 4) is 11.4 Å². The predicted molar refractivity (Wildman–Crippen MR) is 109 cm³/mol. The Morgan fingerprint density at radius 1 is 1.07 bits per heavy atom. The number of halogens is 1. The lowest BCUT2D eigenvalue weighted by molar-refractivity contribution is 0.465. The summed E-state index contributed by atoms with van der Waals surface area (Å²) in [5.41, 5.74) is 5.49. The molecule has 0 spiro atoms. The van der Waals surface area contributed by atoms with Crippen LogP contribution in [0.2, 0.25) is 5.02 Å². The second-order valence-electron chi connectivity index (χ2n) is 6.42. The van der Waals surface area contributed by atoms with Crippen LogP contribution < -0.4 is 0 Å². The van der Waals surface area contributed by atoms with Crippen LogP contribution >= 0.6 is 11.6 Å². The maximum atomic E-state index is 10.1. The standard InChI is InChI=1S/C22H18ClN3O/c1-15-13-18(23)14-17(22(15)27)6-4-5-16-9-11-19(12-10-16)26-21-8-3-2-7-20(21)24-25-26/h2-5,7-14,27H,6H2,1H3/b5-4+. The number of benzene rings is 3. The number of rotatable bonds is 4. The molecule has 27 heavy (non-hydrogen) atoms. The summed E-state index contributed by atoms with van der Waals surface area (Å²) in [6.07, 6.45) is 4.66. The van der Waals surface area contributed by atoms with E-state index in [4.69, 9.17) is 11.6 Å². The Bertz CT molecular complexity index is 1130. The molecule has 4 aromatic rings. The van der Waals surface area contributed by atoms with Crippen molar-refractivity contribution in [1.82, 2.24) is 15.0 Å². The Morgan fingerprint density at radius 3 is 2.67 bits per heavy atom. The Labute approximate surface area is 162 Å². The van der Waals surface area contributed by atoms with E-state index in [1.165, 1.54) is 0 Å². The van der Waals surface area contributed by atoms with Gasteiger partial charge in [0, 0.05) is 5.02 Å². The number of nitrogens with zero attached hydrogens (tertiary/aromatic N) is 3. The predicted octanol–water partition coefficient (Wildman–Crippen LogP) is 5.34. The molecule has 3 aromatic carbocycles. The minimum absolute atomic E-state index is 0.303. The summed E-state index contributed by atoms with van der Waals surface area (Å²) in [7, 11) is 0. The number of aryl methyl sites for hydroxylation is 1. The molecule has 4 rings (SSSR count). The number of phenolic OH excluding ortho intramolecular Hbond substituents is 1. The molecular weight excluding hydrogens is 358 g/mol. The van der Waals surface area contributed by atoms with Crippen LogP contribution in [0.15, 0.2) is 66.7 Å². The average molecular weight is 376 g/mol. The highest BCUT2D eigenvalue weighted by Crippen LogP contribution is 2.27. The van der Waals surface area contributed by atoms with Gasteiger partial charge in [-0.25, -0.2) is 4.68 Å². The molecule has 0 unspecified atom stereocenters. The van der Waals surface area contributed by atoms with Gasteiger partial charge in [0.05, 0.1) is 11.2 Å². The van der Waals surface area contributed by atoms with Gasteiger partial charge in [0.15, 0.2) is 0 Å². The summed E-state index contributed by atoms with van der Waals surface area (Å²) < 4.78 is 1.83. The van der Waals surface area contributed by atoms with Gasteiger partial charge in [-0.3, -0.25) is 0 Å². The molecule has 0 atom stereocenters. The van der Waals surface area contributed by atoms with E-state index in [0.717, 1.165) is 33.4 Å². The van der Waals surface area contributed by atoms with Crippen LogP contribution in [0.4, 0.5) is 0 Å². The van der Waals surface area contributed by atoms with Crippen LogP contribution in [0.1, 0.15) is 16.7 Å². The van der Waals surface area contributed by atoms with Crippen LogP contribution in [0.25, 0.3) is 22.8 Å². The van der Waals surface area contributed by atoms with Gasteiger partial charge in [0.1, 0.15) is 11.3 Å². The molecule has 134 valence electrons. The molecule has 1 aromatic heterocycles. The quantitative estimate of drug-likeness (QED) is 0.523. The number of hydrogen-bond donors (Lipinski definition) is 1. The van der Waals surface area contributed by atoms with E-state index in [9.17, 15) is 5.11 Å². The highest BCUT2D eigenvalue weighted by Gasteiger charge is 2.06. The summed E-state index contributed by atoms with van der Waals surface area (Å²) in [6.45, 7) is 1.85. The molecular formula is C22H18ClN3O. The van der Waals surface area contributed by atoms with Crippen LogP contribution in [0.3, 0.4) is 0 Å². The van der Waals surface area contributed by atoms with Crippen molar-refractivity contribution < 1.29 is 5.11 Å². The van der Waals surface area contributed by atoms with E-state index in [-0.39, 0.29) is 0 Å². The van der Waals surface area contributed by atoms with Gasteiger partial charge in [-0.05, 0) is 66.4 Å². The first-order chi connectivity index (χ1) is 13.1. The average Bonchev–Trinajstić information content (AvgIpc) is 3.10. The molecule has 1 N–H and O–H groups in total. The lowest BCUT2D eigenvalue weighted by Gasteiger charge is -2.06. The zero-order valence-electron chi connectivity index (χ0n) is 14.8. The van der Waals surface area contributed by atoms with Crippen molar-refractivity contribution in [3.63, 3.8) is 0 Å². The molecule has 0 saturated carbocycles. The monoisotopic (exact) mass is 375 g/mol. The minimum Gasteiger partial charge on any atom is -0.507 e. The van der Waals surface area contributed by atoms with Gasteiger partial charge >= 0.3 is 0 Å². The topological polar surface area (TPSA) is 50.9 Å². The highest BCUT2D eigenvalue weighted by molar-refractivity contribution is 6.30. The number of hydrogen-bond acceptors (Lipinski definition) is 3. The Kier molecular flexibility index (Phi) is 4.65. The molecule has 4 nitrogen and oxygen atoms in total. The summed E-state index contributed by atoms with van der Waals surface area (Å²) in [6, 6.07) is 19.5. The fraction of sp³-hybridized carbons (Fsp3) is 0.0909. The fourth-order valence-corrected chi connectivity index (χ4v) is 3.36. The third-order valence-corrected chi connectivity index (χ3v) is 4.70. The number of para-hydroxylation sites is 1. The van der Waals surface area contributed by atoms with Crippen molar-refractivity contribution in [1.29, 1.82) is 0 Å². The molecule has 0 aliphatic heterocycles. The zero-order valence-corrected chi connectivity index (χ0v) is 15.6. The van der Waals surface area contributed by atoms with E-state index in [2.05, 4.69) is 10.3 Å². The van der Waals surface area contributed by atoms with Crippen LogP contribution in [0, 0.1) is 6.92 Å². The van der Waals surface area contributed by atoms with Crippen molar-refractivity contribution in [3.05, 3.63) is 88.5 Å². The Hall–Kier alpha value is -3.11. The Balaban J connectivity index is 1.52. The Morgan fingerprint density at radius 2 is 1.85 bits per heavy atom. The molecule has 0 fully saturated rings. The van der Waals surface area contributed by atoms with E-state index < -0.39 is 0 Å². The molecule has 5 heteroatoms. The van der Waals surface area contributed by atoms with Crippen molar-refractivity contribution >= 4 is 28.7 Å². The molecule has 0 aliphatic carbocycles. The first-order valence-corrected chi connectivity index (χ1v) is 9.05. The molecule has 0 radical (unpaired) electrons. The van der Waals surface area contributed by atoms with Gasteiger partial charge in [0.2, 0.25) is 0 Å². The maximum Gasteiger partial charge on any atom is 0.122 e. The van der Waals surface area contributed by atoms with E-state index in [1.54, 1.807) is 12.1 Å². The number of aromatic hydroxyl groups is 1. The van der Waals surface area contributed by atoms with Gasteiger partial charge in [-0.15, -0.1) is 5.10 Å². The number of aromatic nitrogens is 3. The summed E-state index contributed by atoms with van der Waals surface area (Å²) >= 11 is 6.08. The molecule has 0 amide bonds. The van der Waals surface area contributed by atoms with E-state index in [1.807, 2.05) is 72.3 Å². The molecule has 0 aliphatic rings. The SMILES string of the molecule is Cc1cc(Cl)cc(C/C=C/c2ccc(-n3nnc4ccccc43)cc2)c1O. The smallest absolute Gasteiger partial charge is 0.122 e. The van der Waals surface area contributed by atoms with Gasteiger partial charge in [0.25, 0.3) is 0 Å². The van der Waals surface area contributed by atoms with E-state index in [0.29, 0.717) is 17.2 Å². The zero-order chi connectivity index (χ0) is 18.8. The number of fused-ring (bicyclic) bond motifs is 1. The lowest BCUT2D eigenvalue weighted by atomic mass is 10.1. The summed E-state index contributed by atoms with van der Waals surface area (Å²) in [5.74, 6) is 0.303. The first kappa shape index (κ1) is 17.3. The lowest BCUT2D eigenvalue weighted by Crippen LogP contribution is -1.96.